The van der Waals surface area contributed by atoms with Gasteiger partial charge in [0.1, 0.15) is 11.3 Å². The summed E-state index contributed by atoms with van der Waals surface area (Å²) in [5.74, 6) is 0.410. The summed E-state index contributed by atoms with van der Waals surface area (Å²) in [7, 11) is 0. The number of hydrogen-bond donors (Lipinski definition) is 1. The SMILES string of the molecule is CC.CCC.Nc1ccc(-c2ccc(-n3cccn3)c3ncsc23)nn1. The van der Waals surface area contributed by atoms with Crippen LogP contribution in [0.1, 0.15) is 34.1 Å². The first-order valence-electron chi connectivity index (χ1n) is 8.70. The summed E-state index contributed by atoms with van der Waals surface area (Å²) in [4.78, 5) is 4.46. The summed E-state index contributed by atoms with van der Waals surface area (Å²) >= 11 is 1.57. The van der Waals surface area contributed by atoms with Crippen LogP contribution in [0.4, 0.5) is 5.82 Å². The Morgan fingerprint density at radius 1 is 1.08 bits per heavy atom. The van der Waals surface area contributed by atoms with Crippen LogP contribution in [0.5, 0.6) is 0 Å². The van der Waals surface area contributed by atoms with Crippen LogP contribution >= 0.6 is 11.3 Å². The van der Waals surface area contributed by atoms with Crippen LogP contribution in [0.15, 0.2) is 48.2 Å². The van der Waals surface area contributed by atoms with Crippen molar-refractivity contribution in [2.75, 3.05) is 5.73 Å². The van der Waals surface area contributed by atoms with Gasteiger partial charge in [-0.25, -0.2) is 9.67 Å². The average molecular weight is 369 g/mol. The van der Waals surface area contributed by atoms with Crippen molar-refractivity contribution in [3.8, 4) is 16.9 Å². The fraction of sp³-hybridized carbons (Fsp3) is 0.263. The molecule has 3 heterocycles. The van der Waals surface area contributed by atoms with Gasteiger partial charge in [-0.05, 0) is 30.3 Å². The van der Waals surface area contributed by atoms with Crippen molar-refractivity contribution in [2.45, 2.75) is 34.1 Å². The number of nitrogens with two attached hydrogens (primary N) is 1. The molecule has 7 heteroatoms. The van der Waals surface area contributed by atoms with Gasteiger partial charge >= 0.3 is 0 Å². The number of nitrogens with zero attached hydrogens (tertiary/aromatic N) is 5. The first-order chi connectivity index (χ1) is 12.7. The van der Waals surface area contributed by atoms with E-state index in [-0.39, 0.29) is 0 Å². The van der Waals surface area contributed by atoms with Crippen molar-refractivity contribution >= 4 is 27.4 Å². The highest BCUT2D eigenvalue weighted by molar-refractivity contribution is 7.17. The molecule has 2 N–H and O–H groups in total. The van der Waals surface area contributed by atoms with Gasteiger partial charge in [-0.1, -0.05) is 34.1 Å². The number of aromatic nitrogens is 5. The number of anilines is 1. The Labute approximate surface area is 157 Å². The van der Waals surface area contributed by atoms with Crippen molar-refractivity contribution in [1.82, 2.24) is 25.0 Å². The fourth-order valence-electron chi connectivity index (χ4n) is 2.22. The molecule has 4 rings (SSSR count). The van der Waals surface area contributed by atoms with Crippen molar-refractivity contribution in [2.24, 2.45) is 0 Å². The number of rotatable bonds is 2. The Hall–Kier alpha value is -2.80. The largest absolute Gasteiger partial charge is 0.382 e. The first kappa shape index (κ1) is 19.5. The van der Waals surface area contributed by atoms with Gasteiger partial charge in [0.25, 0.3) is 0 Å². The van der Waals surface area contributed by atoms with E-state index in [9.17, 15) is 0 Å². The third kappa shape index (κ3) is 4.23. The molecule has 136 valence electrons. The molecule has 26 heavy (non-hydrogen) atoms. The number of fused-ring (bicyclic) bond motifs is 1. The smallest absolute Gasteiger partial charge is 0.146 e. The zero-order chi connectivity index (χ0) is 18.9. The van der Waals surface area contributed by atoms with Crippen LogP contribution in [0.3, 0.4) is 0 Å². The maximum Gasteiger partial charge on any atom is 0.146 e. The minimum absolute atomic E-state index is 0.410. The lowest BCUT2D eigenvalue weighted by Gasteiger charge is -2.06. The number of benzene rings is 1. The molecule has 0 aliphatic carbocycles. The van der Waals surface area contributed by atoms with E-state index in [1.807, 2.05) is 49.8 Å². The minimum Gasteiger partial charge on any atom is -0.382 e. The Morgan fingerprint density at radius 3 is 2.46 bits per heavy atom. The monoisotopic (exact) mass is 368 g/mol. The van der Waals surface area contributed by atoms with Gasteiger partial charge in [-0.3, -0.25) is 0 Å². The predicted octanol–water partition coefficient (Wildman–Crippen LogP) is 4.96. The molecule has 3 aromatic heterocycles. The molecule has 0 aliphatic heterocycles. The van der Waals surface area contributed by atoms with Gasteiger partial charge in [0.15, 0.2) is 0 Å². The molecular weight excluding hydrogens is 344 g/mol. The van der Waals surface area contributed by atoms with E-state index in [0.717, 1.165) is 27.2 Å². The van der Waals surface area contributed by atoms with E-state index in [2.05, 4.69) is 34.1 Å². The second-order valence-electron chi connectivity index (χ2n) is 5.16. The van der Waals surface area contributed by atoms with Gasteiger partial charge in [-0.2, -0.15) is 5.10 Å². The Balaban J connectivity index is 0.000000444. The normalized spacial score (nSPS) is 9.85. The van der Waals surface area contributed by atoms with E-state index in [1.54, 1.807) is 28.3 Å². The molecule has 0 aliphatic rings. The Morgan fingerprint density at radius 2 is 1.85 bits per heavy atom. The van der Waals surface area contributed by atoms with Gasteiger partial charge in [0.2, 0.25) is 0 Å². The maximum absolute atomic E-state index is 5.59. The zero-order valence-electron chi connectivity index (χ0n) is 15.5. The standard InChI is InChI=1S/C14H10N6S.C3H8.C2H6/c15-12-5-3-10(18-19-12)9-2-4-11(20-7-1-6-17-20)13-14(9)21-8-16-13;1-3-2;1-2/h1-8H,(H2,15,19);3H2,1-2H3;1-2H3. The molecule has 0 saturated heterocycles. The third-order valence-corrected chi connectivity index (χ3v) is 4.03. The second-order valence-corrected chi connectivity index (χ2v) is 6.02. The summed E-state index contributed by atoms with van der Waals surface area (Å²) < 4.78 is 2.86. The van der Waals surface area contributed by atoms with Crippen LogP contribution in [-0.2, 0) is 0 Å². The quantitative estimate of drug-likeness (QED) is 0.540. The third-order valence-electron chi connectivity index (χ3n) is 3.17. The summed E-state index contributed by atoms with van der Waals surface area (Å²) in [6.07, 6.45) is 4.90. The molecule has 6 nitrogen and oxygen atoms in total. The molecule has 0 unspecified atom stereocenters. The van der Waals surface area contributed by atoms with Crippen LogP contribution in [0, 0.1) is 0 Å². The highest BCUT2D eigenvalue weighted by Gasteiger charge is 2.13. The lowest BCUT2D eigenvalue weighted by Crippen LogP contribution is -1.97. The predicted molar refractivity (Wildman–Crippen MR) is 109 cm³/mol. The molecule has 1 aromatic carbocycles. The lowest BCUT2D eigenvalue weighted by atomic mass is 10.1. The number of thiazole rings is 1. The molecule has 0 spiro atoms. The van der Waals surface area contributed by atoms with Crippen molar-refractivity contribution < 1.29 is 0 Å². The number of nitrogen functional groups attached to an aromatic ring is 1. The van der Waals surface area contributed by atoms with Crippen LogP contribution in [0.25, 0.3) is 27.2 Å². The van der Waals surface area contributed by atoms with Crippen molar-refractivity contribution in [3.05, 3.63) is 48.2 Å². The summed E-state index contributed by atoms with van der Waals surface area (Å²) in [6, 6.07) is 9.50. The Bertz CT molecular complexity index is 913. The highest BCUT2D eigenvalue weighted by Crippen LogP contribution is 2.33. The zero-order valence-corrected chi connectivity index (χ0v) is 16.4. The van der Waals surface area contributed by atoms with E-state index < -0.39 is 0 Å². The molecule has 0 amide bonds. The second kappa shape index (κ2) is 9.62. The van der Waals surface area contributed by atoms with Crippen LogP contribution in [0.2, 0.25) is 0 Å². The molecule has 4 aromatic rings. The van der Waals surface area contributed by atoms with E-state index >= 15 is 0 Å². The molecule has 0 radical (unpaired) electrons. The van der Waals surface area contributed by atoms with Crippen LogP contribution < -0.4 is 5.73 Å². The fourth-order valence-corrected chi connectivity index (χ4v) is 3.05. The van der Waals surface area contributed by atoms with Gasteiger partial charge in [0.05, 0.1) is 21.6 Å². The topological polar surface area (TPSA) is 82.5 Å². The van der Waals surface area contributed by atoms with Gasteiger partial charge in [0, 0.05) is 18.0 Å². The first-order valence-corrected chi connectivity index (χ1v) is 9.58. The maximum atomic E-state index is 5.59. The van der Waals surface area contributed by atoms with E-state index in [4.69, 9.17) is 5.73 Å². The molecule has 0 fully saturated rings. The van der Waals surface area contributed by atoms with Crippen LogP contribution in [-0.4, -0.2) is 25.0 Å². The molecular formula is C19H24N6S. The minimum atomic E-state index is 0.410. The van der Waals surface area contributed by atoms with E-state index in [1.165, 1.54) is 6.42 Å². The molecule has 0 atom stereocenters. The van der Waals surface area contributed by atoms with Gasteiger partial charge < -0.3 is 5.73 Å². The van der Waals surface area contributed by atoms with E-state index in [0.29, 0.717) is 5.82 Å². The summed E-state index contributed by atoms with van der Waals surface area (Å²) in [5, 5.41) is 12.3. The molecule has 0 bridgehead atoms. The van der Waals surface area contributed by atoms with Gasteiger partial charge in [-0.15, -0.1) is 21.5 Å². The summed E-state index contributed by atoms with van der Waals surface area (Å²) in [6.45, 7) is 8.25. The highest BCUT2D eigenvalue weighted by atomic mass is 32.1. The number of hydrogen-bond acceptors (Lipinski definition) is 6. The van der Waals surface area contributed by atoms with Crippen molar-refractivity contribution in [3.63, 3.8) is 0 Å². The average Bonchev–Trinajstić information content (AvgIpc) is 3.36. The summed E-state index contributed by atoms with van der Waals surface area (Å²) in [5.41, 5.74) is 11.0. The Kier molecular flexibility index (Phi) is 7.23. The molecule has 0 saturated carbocycles. The lowest BCUT2D eigenvalue weighted by molar-refractivity contribution is 0.885. The van der Waals surface area contributed by atoms with Crippen molar-refractivity contribution in [1.29, 1.82) is 0 Å².